The fourth-order valence-electron chi connectivity index (χ4n) is 2.41. The third-order valence-corrected chi connectivity index (χ3v) is 3.54. The Morgan fingerprint density at radius 3 is 2.79 bits per heavy atom. The zero-order valence-corrected chi connectivity index (χ0v) is 13.5. The summed E-state index contributed by atoms with van der Waals surface area (Å²) in [6.07, 6.45) is 0.454. The molecule has 0 N–H and O–H groups in total. The van der Waals surface area contributed by atoms with Gasteiger partial charge in [0.15, 0.2) is 5.76 Å². The molecule has 2 saturated heterocycles. The topological polar surface area (TPSA) is 111 Å². The molecule has 0 saturated carbocycles. The van der Waals surface area contributed by atoms with Gasteiger partial charge < -0.3 is 13.9 Å². The highest BCUT2D eigenvalue weighted by Gasteiger charge is 2.32. The maximum Gasteiger partial charge on any atom is 0.433 e. The number of nitro groups is 1. The highest BCUT2D eigenvalue weighted by Crippen LogP contribution is 2.16. The van der Waals surface area contributed by atoms with Crippen LogP contribution in [0.5, 0.6) is 0 Å². The fourth-order valence-corrected chi connectivity index (χ4v) is 2.41. The quantitative estimate of drug-likeness (QED) is 0.439. The summed E-state index contributed by atoms with van der Waals surface area (Å²) < 4.78 is 15.5. The average molecular weight is 361 g/mol. The van der Waals surface area contributed by atoms with Gasteiger partial charge >= 0.3 is 12.0 Å². The molecular formula is C13H17ClN4O6. The van der Waals surface area contributed by atoms with Crippen LogP contribution in [0.15, 0.2) is 21.7 Å². The zero-order chi connectivity index (χ0) is 16.2. The van der Waals surface area contributed by atoms with Gasteiger partial charge in [-0.3, -0.25) is 15.0 Å². The van der Waals surface area contributed by atoms with Gasteiger partial charge in [-0.15, -0.1) is 12.4 Å². The molecule has 0 radical (unpaired) electrons. The van der Waals surface area contributed by atoms with Crippen molar-refractivity contribution in [2.24, 2.45) is 5.10 Å². The molecule has 0 aliphatic carbocycles. The first-order valence-corrected chi connectivity index (χ1v) is 7.18. The molecule has 2 aliphatic rings. The van der Waals surface area contributed by atoms with Gasteiger partial charge in [0, 0.05) is 19.6 Å². The molecule has 0 unspecified atom stereocenters. The number of furan rings is 1. The number of carbonyl (C=O) groups excluding carboxylic acids is 1. The van der Waals surface area contributed by atoms with Gasteiger partial charge in [-0.2, -0.15) is 10.1 Å². The first-order chi connectivity index (χ1) is 11.1. The summed E-state index contributed by atoms with van der Waals surface area (Å²) >= 11 is 0. The van der Waals surface area contributed by atoms with Crippen molar-refractivity contribution >= 4 is 30.6 Å². The lowest BCUT2D eigenvalue weighted by atomic mass is 10.3. The Balaban J connectivity index is 0.00000208. The van der Waals surface area contributed by atoms with E-state index in [2.05, 4.69) is 10.0 Å². The molecule has 10 nitrogen and oxygen atoms in total. The maximum atomic E-state index is 11.8. The molecule has 1 aromatic rings. The van der Waals surface area contributed by atoms with Crippen LogP contribution in [0.1, 0.15) is 5.76 Å². The number of rotatable bonds is 5. The monoisotopic (exact) mass is 360 g/mol. The second-order valence-corrected chi connectivity index (χ2v) is 5.18. The normalized spacial score (nSPS) is 21.8. The molecule has 1 atom stereocenters. The maximum absolute atomic E-state index is 11.8. The van der Waals surface area contributed by atoms with Crippen LogP contribution in [-0.4, -0.2) is 72.6 Å². The number of hydrazone groups is 1. The van der Waals surface area contributed by atoms with Gasteiger partial charge in [0.2, 0.25) is 0 Å². The molecule has 3 rings (SSSR count). The number of cyclic esters (lactones) is 1. The van der Waals surface area contributed by atoms with Crippen LogP contribution in [-0.2, 0) is 9.47 Å². The Morgan fingerprint density at radius 2 is 2.12 bits per heavy atom. The van der Waals surface area contributed by atoms with Crippen molar-refractivity contribution in [3.8, 4) is 0 Å². The summed E-state index contributed by atoms with van der Waals surface area (Å²) in [4.78, 5) is 23.8. The molecule has 1 aromatic heterocycles. The van der Waals surface area contributed by atoms with Gasteiger partial charge in [-0.05, 0) is 6.07 Å². The lowest BCUT2D eigenvalue weighted by Crippen LogP contribution is -2.41. The molecule has 1 amide bonds. The van der Waals surface area contributed by atoms with E-state index in [0.29, 0.717) is 26.3 Å². The smallest absolute Gasteiger partial charge is 0.433 e. The van der Waals surface area contributed by atoms with Crippen LogP contribution in [0, 0.1) is 10.1 Å². The van der Waals surface area contributed by atoms with E-state index >= 15 is 0 Å². The number of hydrogen-bond donors (Lipinski definition) is 0. The number of hydrogen-bond acceptors (Lipinski definition) is 8. The first kappa shape index (κ1) is 18.2. The van der Waals surface area contributed by atoms with Crippen molar-refractivity contribution in [1.29, 1.82) is 0 Å². The molecule has 132 valence electrons. The van der Waals surface area contributed by atoms with E-state index in [-0.39, 0.29) is 30.2 Å². The predicted octanol–water partition coefficient (Wildman–Crippen LogP) is 1.10. The minimum absolute atomic E-state index is 0. The average Bonchev–Trinajstić information content (AvgIpc) is 3.13. The zero-order valence-electron chi connectivity index (χ0n) is 12.7. The summed E-state index contributed by atoms with van der Waals surface area (Å²) in [6.45, 7) is 3.95. The third-order valence-electron chi connectivity index (χ3n) is 3.54. The van der Waals surface area contributed by atoms with Gasteiger partial charge in [0.05, 0.1) is 32.0 Å². The van der Waals surface area contributed by atoms with Crippen LogP contribution in [0.25, 0.3) is 0 Å². The van der Waals surface area contributed by atoms with E-state index in [0.717, 1.165) is 13.1 Å². The second-order valence-electron chi connectivity index (χ2n) is 5.18. The highest BCUT2D eigenvalue weighted by molar-refractivity contribution is 5.85. The van der Waals surface area contributed by atoms with Gasteiger partial charge in [-0.25, -0.2) is 4.79 Å². The van der Waals surface area contributed by atoms with Crippen molar-refractivity contribution in [3.63, 3.8) is 0 Å². The number of ether oxygens (including phenoxy) is 2. The van der Waals surface area contributed by atoms with E-state index in [9.17, 15) is 14.9 Å². The first-order valence-electron chi connectivity index (χ1n) is 7.18. The van der Waals surface area contributed by atoms with Gasteiger partial charge in [0.1, 0.15) is 11.0 Å². The van der Waals surface area contributed by atoms with Crippen LogP contribution in [0.2, 0.25) is 0 Å². The van der Waals surface area contributed by atoms with E-state index in [1.54, 1.807) is 0 Å². The largest absolute Gasteiger partial charge is 0.441 e. The Bertz CT molecular complexity index is 615. The van der Waals surface area contributed by atoms with Gasteiger partial charge in [-0.1, -0.05) is 0 Å². The Morgan fingerprint density at radius 1 is 1.38 bits per heavy atom. The number of morpholine rings is 1. The molecule has 24 heavy (non-hydrogen) atoms. The summed E-state index contributed by atoms with van der Waals surface area (Å²) in [7, 11) is 0. The minimum Gasteiger partial charge on any atom is -0.441 e. The van der Waals surface area contributed by atoms with E-state index in [1.807, 2.05) is 0 Å². The van der Waals surface area contributed by atoms with Crippen LogP contribution >= 0.6 is 12.4 Å². The van der Waals surface area contributed by atoms with Crippen LogP contribution in [0.3, 0.4) is 0 Å². The molecular weight excluding hydrogens is 344 g/mol. The molecule has 2 aliphatic heterocycles. The second kappa shape index (κ2) is 8.08. The lowest BCUT2D eigenvalue weighted by Gasteiger charge is -2.27. The van der Waals surface area contributed by atoms with E-state index in [1.165, 1.54) is 23.4 Å². The summed E-state index contributed by atoms with van der Waals surface area (Å²) in [5.41, 5.74) is 0. The molecule has 0 spiro atoms. The van der Waals surface area contributed by atoms with Gasteiger partial charge in [0.25, 0.3) is 0 Å². The van der Waals surface area contributed by atoms with Crippen molar-refractivity contribution in [1.82, 2.24) is 9.91 Å². The molecule has 0 bridgehead atoms. The summed E-state index contributed by atoms with van der Waals surface area (Å²) in [5, 5.41) is 15.7. The van der Waals surface area contributed by atoms with Crippen molar-refractivity contribution in [3.05, 3.63) is 28.0 Å². The fraction of sp³-hybridized carbons (Fsp3) is 0.538. The van der Waals surface area contributed by atoms with E-state index < -0.39 is 11.0 Å². The standard InChI is InChI=1S/C13H16N4O6.ClH/c18-13-16(14-7-10-1-2-12(22-10)17(19)20)9-11(23-13)8-15-3-5-21-6-4-15;/h1-2,7,11H,3-6,8-9H2;1H/b14-7-;/t11-;/m1./s1. The molecule has 0 aromatic carbocycles. The van der Waals surface area contributed by atoms with E-state index in [4.69, 9.17) is 13.9 Å². The third kappa shape index (κ3) is 4.43. The Kier molecular flexibility index (Phi) is 6.12. The van der Waals surface area contributed by atoms with Crippen LogP contribution < -0.4 is 0 Å². The summed E-state index contributed by atoms with van der Waals surface area (Å²) in [5.74, 6) is -0.179. The minimum atomic E-state index is -0.639. The lowest BCUT2D eigenvalue weighted by molar-refractivity contribution is -0.402. The number of halogens is 1. The number of nitrogens with zero attached hydrogens (tertiary/aromatic N) is 4. The van der Waals surface area contributed by atoms with Crippen molar-refractivity contribution < 1.29 is 23.6 Å². The molecule has 3 heterocycles. The Hall–Kier alpha value is -2.17. The van der Waals surface area contributed by atoms with Crippen molar-refractivity contribution in [2.75, 3.05) is 39.4 Å². The number of carbonyl (C=O) groups is 1. The highest BCUT2D eigenvalue weighted by atomic mass is 35.5. The molecule has 11 heteroatoms. The number of amides is 1. The Labute approximate surface area is 143 Å². The van der Waals surface area contributed by atoms with Crippen molar-refractivity contribution in [2.45, 2.75) is 6.10 Å². The van der Waals surface area contributed by atoms with Crippen LogP contribution in [0.4, 0.5) is 10.7 Å². The predicted molar refractivity (Wildman–Crippen MR) is 84.4 cm³/mol. The molecule has 2 fully saturated rings. The summed E-state index contributed by atoms with van der Waals surface area (Å²) in [6, 6.07) is 2.64. The SMILES string of the molecule is Cl.O=C1O[C@H](CN2CCOCC2)CN1/N=C\c1ccc([N+](=O)[O-])o1.